The number of aromatic nitrogens is 2. The summed E-state index contributed by atoms with van der Waals surface area (Å²) in [7, 11) is 3.52. The number of carbonyl (C=O) groups is 1. The third kappa shape index (κ3) is 2.95. The SMILES string of the molecule is COc1ccc(C2SCCN2C(=O)c2c(C)nn(C)c2C)cc1Br. The molecular weight excluding hydrogens is 390 g/mol. The summed E-state index contributed by atoms with van der Waals surface area (Å²) in [6, 6.07) is 5.99. The molecule has 1 unspecified atom stereocenters. The first-order valence-corrected chi connectivity index (χ1v) is 9.54. The van der Waals surface area contributed by atoms with E-state index in [4.69, 9.17) is 4.74 Å². The van der Waals surface area contributed by atoms with Gasteiger partial charge >= 0.3 is 0 Å². The van der Waals surface area contributed by atoms with Crippen LogP contribution in [0.15, 0.2) is 22.7 Å². The van der Waals surface area contributed by atoms with Crippen molar-refractivity contribution in [2.45, 2.75) is 19.2 Å². The third-order valence-electron chi connectivity index (χ3n) is 4.34. The zero-order chi connectivity index (χ0) is 17.4. The Bertz CT molecular complexity index is 790. The van der Waals surface area contributed by atoms with Gasteiger partial charge in [0.25, 0.3) is 5.91 Å². The molecule has 1 fully saturated rings. The number of rotatable bonds is 3. The van der Waals surface area contributed by atoms with Gasteiger partial charge in [-0.2, -0.15) is 5.10 Å². The maximum absolute atomic E-state index is 13.1. The number of benzene rings is 1. The number of carbonyl (C=O) groups excluding carboxylic acids is 1. The van der Waals surface area contributed by atoms with Gasteiger partial charge < -0.3 is 9.64 Å². The van der Waals surface area contributed by atoms with Crippen LogP contribution in [-0.2, 0) is 7.05 Å². The number of amides is 1. The van der Waals surface area contributed by atoms with Crippen molar-refractivity contribution in [3.63, 3.8) is 0 Å². The number of methoxy groups -OCH3 is 1. The fraction of sp³-hybridized carbons (Fsp3) is 0.412. The molecule has 24 heavy (non-hydrogen) atoms. The lowest BCUT2D eigenvalue weighted by atomic mass is 10.1. The molecule has 1 aromatic carbocycles. The van der Waals surface area contributed by atoms with Gasteiger partial charge in [-0.15, -0.1) is 11.8 Å². The number of ether oxygens (including phenoxy) is 1. The number of halogens is 1. The van der Waals surface area contributed by atoms with Crippen LogP contribution < -0.4 is 4.74 Å². The summed E-state index contributed by atoms with van der Waals surface area (Å²) in [5.74, 6) is 1.77. The molecule has 0 saturated carbocycles. The second-order valence-electron chi connectivity index (χ2n) is 5.79. The smallest absolute Gasteiger partial charge is 0.258 e. The van der Waals surface area contributed by atoms with Crippen LogP contribution >= 0.6 is 27.7 Å². The quantitative estimate of drug-likeness (QED) is 0.775. The van der Waals surface area contributed by atoms with E-state index in [0.29, 0.717) is 0 Å². The average molecular weight is 410 g/mol. The van der Waals surface area contributed by atoms with Gasteiger partial charge in [-0.25, -0.2) is 0 Å². The highest BCUT2D eigenvalue weighted by Gasteiger charge is 2.34. The van der Waals surface area contributed by atoms with E-state index in [9.17, 15) is 4.79 Å². The van der Waals surface area contributed by atoms with Crippen molar-refractivity contribution in [1.82, 2.24) is 14.7 Å². The van der Waals surface area contributed by atoms with Crippen LogP contribution in [0.5, 0.6) is 5.75 Å². The summed E-state index contributed by atoms with van der Waals surface area (Å²) in [5.41, 5.74) is 3.51. The molecule has 128 valence electrons. The van der Waals surface area contributed by atoms with Crippen LogP contribution in [0.25, 0.3) is 0 Å². The highest BCUT2D eigenvalue weighted by Crippen LogP contribution is 2.41. The largest absolute Gasteiger partial charge is 0.496 e. The Balaban J connectivity index is 1.93. The van der Waals surface area contributed by atoms with Crippen LogP contribution in [0, 0.1) is 13.8 Å². The van der Waals surface area contributed by atoms with Gasteiger partial charge in [-0.3, -0.25) is 9.48 Å². The van der Waals surface area contributed by atoms with E-state index in [-0.39, 0.29) is 11.3 Å². The number of hydrogen-bond acceptors (Lipinski definition) is 4. The fourth-order valence-electron chi connectivity index (χ4n) is 3.02. The first-order valence-electron chi connectivity index (χ1n) is 7.70. The van der Waals surface area contributed by atoms with E-state index in [0.717, 1.165) is 45.0 Å². The summed E-state index contributed by atoms with van der Waals surface area (Å²) >= 11 is 5.32. The highest BCUT2D eigenvalue weighted by atomic mass is 79.9. The van der Waals surface area contributed by atoms with E-state index in [1.54, 1.807) is 23.6 Å². The number of aryl methyl sites for hydroxylation is 2. The predicted octanol–water partition coefficient (Wildman–Crippen LogP) is 3.70. The minimum Gasteiger partial charge on any atom is -0.496 e. The molecule has 1 aromatic heterocycles. The maximum Gasteiger partial charge on any atom is 0.258 e. The van der Waals surface area contributed by atoms with Crippen LogP contribution in [0.1, 0.15) is 32.7 Å². The van der Waals surface area contributed by atoms with Crippen molar-refractivity contribution in [2.24, 2.45) is 7.05 Å². The topological polar surface area (TPSA) is 47.4 Å². The Morgan fingerprint density at radius 1 is 1.42 bits per heavy atom. The standard InChI is InChI=1S/C17H20BrN3O2S/c1-10-15(11(2)20(3)19-10)16(22)21-7-8-24-17(21)12-5-6-14(23-4)13(18)9-12/h5-6,9,17H,7-8H2,1-4H3. The monoisotopic (exact) mass is 409 g/mol. The predicted molar refractivity (Wildman–Crippen MR) is 99.6 cm³/mol. The van der Waals surface area contributed by atoms with Crippen LogP contribution in [0.3, 0.4) is 0 Å². The molecule has 7 heteroatoms. The molecule has 1 aliphatic heterocycles. The Morgan fingerprint density at radius 2 is 2.17 bits per heavy atom. The summed E-state index contributed by atoms with van der Waals surface area (Å²) in [5, 5.41) is 4.39. The van der Waals surface area contributed by atoms with Crippen molar-refractivity contribution in [2.75, 3.05) is 19.4 Å². The molecule has 2 heterocycles. The average Bonchev–Trinajstić information content (AvgIpc) is 3.12. The lowest BCUT2D eigenvalue weighted by Crippen LogP contribution is -2.31. The molecule has 1 amide bonds. The summed E-state index contributed by atoms with van der Waals surface area (Å²) in [6.45, 7) is 4.57. The van der Waals surface area contributed by atoms with Crippen LogP contribution in [-0.4, -0.2) is 40.0 Å². The van der Waals surface area contributed by atoms with Gasteiger partial charge in [0.2, 0.25) is 0 Å². The van der Waals surface area contributed by atoms with Crippen molar-refractivity contribution < 1.29 is 9.53 Å². The first-order chi connectivity index (χ1) is 11.4. The van der Waals surface area contributed by atoms with Crippen LogP contribution in [0.4, 0.5) is 0 Å². The van der Waals surface area contributed by atoms with Crippen molar-refractivity contribution in [3.8, 4) is 5.75 Å². The molecule has 1 atom stereocenters. The molecule has 0 aliphatic carbocycles. The Hall–Kier alpha value is -1.47. The van der Waals surface area contributed by atoms with Gasteiger partial charge in [-0.05, 0) is 47.5 Å². The molecular formula is C17H20BrN3O2S. The van der Waals surface area contributed by atoms with E-state index >= 15 is 0 Å². The lowest BCUT2D eigenvalue weighted by molar-refractivity contribution is 0.0758. The van der Waals surface area contributed by atoms with Crippen molar-refractivity contribution in [3.05, 3.63) is 45.2 Å². The molecule has 5 nitrogen and oxygen atoms in total. The van der Waals surface area contributed by atoms with Gasteiger partial charge in [0.1, 0.15) is 11.1 Å². The van der Waals surface area contributed by atoms with E-state index < -0.39 is 0 Å². The van der Waals surface area contributed by atoms with E-state index in [1.807, 2.05) is 44.0 Å². The molecule has 0 spiro atoms. The third-order valence-corrected chi connectivity index (χ3v) is 6.22. The molecule has 0 radical (unpaired) electrons. The molecule has 3 rings (SSSR count). The Labute approximate surface area is 154 Å². The Kier molecular flexibility index (Phi) is 4.92. The van der Waals surface area contributed by atoms with Crippen molar-refractivity contribution >= 4 is 33.6 Å². The van der Waals surface area contributed by atoms with E-state index in [2.05, 4.69) is 21.0 Å². The molecule has 1 aliphatic rings. The summed E-state index contributed by atoms with van der Waals surface area (Å²) in [4.78, 5) is 15.1. The number of thioether (sulfide) groups is 1. The van der Waals surface area contributed by atoms with Gasteiger partial charge in [-0.1, -0.05) is 6.07 Å². The minimum absolute atomic E-state index is 0.0127. The second-order valence-corrected chi connectivity index (χ2v) is 7.83. The highest BCUT2D eigenvalue weighted by molar-refractivity contribution is 9.10. The molecule has 1 saturated heterocycles. The van der Waals surface area contributed by atoms with Gasteiger partial charge in [0, 0.05) is 25.0 Å². The number of nitrogens with zero attached hydrogens (tertiary/aromatic N) is 3. The summed E-state index contributed by atoms with van der Waals surface area (Å²) in [6.07, 6.45) is 0. The molecule has 0 N–H and O–H groups in total. The molecule has 2 aromatic rings. The normalized spacial score (nSPS) is 17.4. The molecule has 0 bridgehead atoms. The second kappa shape index (κ2) is 6.80. The zero-order valence-corrected chi connectivity index (χ0v) is 16.6. The van der Waals surface area contributed by atoms with Crippen LogP contribution in [0.2, 0.25) is 0 Å². The van der Waals surface area contributed by atoms with Gasteiger partial charge in [0.05, 0.1) is 22.8 Å². The first kappa shape index (κ1) is 17.4. The zero-order valence-electron chi connectivity index (χ0n) is 14.2. The number of hydrogen-bond donors (Lipinski definition) is 0. The summed E-state index contributed by atoms with van der Waals surface area (Å²) < 4.78 is 7.96. The maximum atomic E-state index is 13.1. The fourth-order valence-corrected chi connectivity index (χ4v) is 4.82. The minimum atomic E-state index is 0.0127. The lowest BCUT2D eigenvalue weighted by Gasteiger charge is -2.24. The van der Waals surface area contributed by atoms with E-state index in [1.165, 1.54) is 0 Å². The van der Waals surface area contributed by atoms with Gasteiger partial charge in [0.15, 0.2) is 0 Å². The van der Waals surface area contributed by atoms with Crippen molar-refractivity contribution in [1.29, 1.82) is 0 Å². The Morgan fingerprint density at radius 3 is 2.75 bits per heavy atom.